The second-order valence-electron chi connectivity index (χ2n) is 5.26. The molecule has 3 aromatic rings. The van der Waals surface area contributed by atoms with E-state index in [1.807, 2.05) is 6.07 Å². The number of rotatable bonds is 5. The maximum Gasteiger partial charge on any atom is 0.175 e. The number of aromatic nitrogens is 4. The van der Waals surface area contributed by atoms with Gasteiger partial charge in [-0.1, -0.05) is 29.3 Å². The van der Waals surface area contributed by atoms with Gasteiger partial charge in [0.15, 0.2) is 15.7 Å². The van der Waals surface area contributed by atoms with Gasteiger partial charge in [-0.3, -0.25) is 0 Å². The van der Waals surface area contributed by atoms with Gasteiger partial charge in [0, 0.05) is 12.7 Å². The number of nitrogens with zero attached hydrogens (tertiary/aromatic N) is 3. The normalized spacial score (nSPS) is 11.5. The number of halogens is 2. The fourth-order valence-corrected chi connectivity index (χ4v) is 3.18. The van der Waals surface area contributed by atoms with Crippen LogP contribution in [-0.4, -0.2) is 35.3 Å². The predicted octanol–water partition coefficient (Wildman–Crippen LogP) is 3.29. The van der Waals surface area contributed by atoms with E-state index in [4.69, 9.17) is 27.9 Å². The number of sulfone groups is 1. The predicted molar refractivity (Wildman–Crippen MR) is 93.1 cm³/mol. The van der Waals surface area contributed by atoms with Crippen LogP contribution in [0.2, 0.25) is 10.0 Å². The molecule has 25 heavy (non-hydrogen) atoms. The topological polar surface area (TPSA) is 97.8 Å². The highest BCUT2D eigenvalue weighted by molar-refractivity contribution is 7.90. The SMILES string of the molecule is CS(=O)(=O)c1ccc(Oc2cc(Cc3nnn[nH]3)ccc2Cl)c(Cl)c1. The number of nitrogens with one attached hydrogen (secondary N) is 1. The van der Waals surface area contributed by atoms with Gasteiger partial charge in [0.05, 0.1) is 14.9 Å². The summed E-state index contributed by atoms with van der Waals surface area (Å²) >= 11 is 12.3. The summed E-state index contributed by atoms with van der Waals surface area (Å²) in [4.78, 5) is 0.113. The summed E-state index contributed by atoms with van der Waals surface area (Å²) < 4.78 is 28.9. The Morgan fingerprint density at radius 1 is 1.08 bits per heavy atom. The van der Waals surface area contributed by atoms with E-state index in [9.17, 15) is 8.42 Å². The third-order valence-corrected chi connectivity index (χ3v) is 5.03. The molecular weight excluding hydrogens is 387 g/mol. The number of benzene rings is 2. The molecule has 0 amide bonds. The second kappa shape index (κ2) is 6.99. The first-order valence-electron chi connectivity index (χ1n) is 7.01. The van der Waals surface area contributed by atoms with Crippen molar-refractivity contribution in [3.8, 4) is 11.5 Å². The molecule has 3 rings (SSSR count). The van der Waals surface area contributed by atoms with E-state index in [0.717, 1.165) is 11.8 Å². The zero-order chi connectivity index (χ0) is 18.0. The lowest BCUT2D eigenvalue weighted by molar-refractivity contribution is 0.482. The van der Waals surface area contributed by atoms with E-state index in [-0.39, 0.29) is 9.92 Å². The van der Waals surface area contributed by atoms with E-state index < -0.39 is 9.84 Å². The van der Waals surface area contributed by atoms with Crippen LogP contribution in [0.25, 0.3) is 0 Å². The molecule has 0 atom stereocenters. The summed E-state index contributed by atoms with van der Waals surface area (Å²) in [5, 5.41) is 14.1. The Morgan fingerprint density at radius 3 is 2.52 bits per heavy atom. The Kier molecular flexibility index (Phi) is 4.94. The highest BCUT2D eigenvalue weighted by Gasteiger charge is 2.13. The molecule has 1 aromatic heterocycles. The Morgan fingerprint density at radius 2 is 1.88 bits per heavy atom. The molecule has 0 aliphatic heterocycles. The van der Waals surface area contributed by atoms with Crippen LogP contribution < -0.4 is 4.74 Å². The molecule has 0 unspecified atom stereocenters. The monoisotopic (exact) mass is 398 g/mol. The standard InChI is InChI=1S/C15H12Cl2N4O3S/c1-25(22,23)10-3-5-13(12(17)8-10)24-14-6-9(2-4-11(14)16)7-15-18-20-21-19-15/h2-6,8H,7H2,1H3,(H,18,19,20,21). The van der Waals surface area contributed by atoms with Crippen molar-refractivity contribution in [2.45, 2.75) is 11.3 Å². The zero-order valence-corrected chi connectivity index (χ0v) is 15.2. The van der Waals surface area contributed by atoms with E-state index in [0.29, 0.717) is 28.8 Å². The van der Waals surface area contributed by atoms with Crippen molar-refractivity contribution in [1.29, 1.82) is 0 Å². The van der Waals surface area contributed by atoms with Crippen LogP contribution in [0.5, 0.6) is 11.5 Å². The van der Waals surface area contributed by atoms with E-state index in [1.54, 1.807) is 12.1 Å². The van der Waals surface area contributed by atoms with Gasteiger partial charge in [0.25, 0.3) is 0 Å². The van der Waals surface area contributed by atoms with Crippen molar-refractivity contribution < 1.29 is 13.2 Å². The Hall–Kier alpha value is -2.16. The number of aromatic amines is 1. The minimum atomic E-state index is -3.35. The zero-order valence-electron chi connectivity index (χ0n) is 12.9. The average molecular weight is 399 g/mol. The van der Waals surface area contributed by atoms with Crippen LogP contribution in [0.4, 0.5) is 0 Å². The lowest BCUT2D eigenvalue weighted by atomic mass is 10.1. The average Bonchev–Trinajstić information content (AvgIpc) is 3.04. The van der Waals surface area contributed by atoms with Crippen LogP contribution in [0.15, 0.2) is 41.3 Å². The highest BCUT2D eigenvalue weighted by atomic mass is 35.5. The van der Waals surface area contributed by atoms with Crippen LogP contribution >= 0.6 is 23.2 Å². The van der Waals surface area contributed by atoms with Crippen LogP contribution in [0.1, 0.15) is 11.4 Å². The fourth-order valence-electron chi connectivity index (χ4n) is 2.10. The molecule has 0 bridgehead atoms. The molecule has 2 aromatic carbocycles. The van der Waals surface area contributed by atoms with Crippen molar-refractivity contribution in [1.82, 2.24) is 20.6 Å². The third kappa shape index (κ3) is 4.28. The lowest BCUT2D eigenvalue weighted by Gasteiger charge is -2.11. The number of H-pyrrole nitrogens is 1. The smallest absolute Gasteiger partial charge is 0.175 e. The summed E-state index contributed by atoms with van der Waals surface area (Å²) in [6.07, 6.45) is 1.58. The maximum atomic E-state index is 11.6. The molecule has 0 fully saturated rings. The number of ether oxygens (including phenoxy) is 1. The molecule has 130 valence electrons. The number of hydrogen-bond acceptors (Lipinski definition) is 6. The number of tetrazole rings is 1. The Labute approximate surface area is 153 Å². The molecule has 0 aliphatic carbocycles. The van der Waals surface area contributed by atoms with Gasteiger partial charge in [-0.15, -0.1) is 5.10 Å². The van der Waals surface area contributed by atoms with Crippen LogP contribution in [-0.2, 0) is 16.3 Å². The van der Waals surface area contributed by atoms with E-state index in [1.165, 1.54) is 18.2 Å². The fraction of sp³-hybridized carbons (Fsp3) is 0.133. The van der Waals surface area contributed by atoms with Crippen LogP contribution in [0, 0.1) is 0 Å². The Balaban J connectivity index is 1.87. The first kappa shape index (κ1) is 17.7. The molecule has 0 radical (unpaired) electrons. The second-order valence-corrected chi connectivity index (χ2v) is 8.09. The van der Waals surface area contributed by atoms with Crippen LogP contribution in [0.3, 0.4) is 0 Å². The molecule has 0 aliphatic rings. The van der Waals surface area contributed by atoms with Gasteiger partial charge in [0.1, 0.15) is 11.5 Å². The minimum Gasteiger partial charge on any atom is -0.454 e. The van der Waals surface area contributed by atoms with Gasteiger partial charge in [-0.05, 0) is 46.3 Å². The van der Waals surface area contributed by atoms with Gasteiger partial charge in [-0.25, -0.2) is 13.5 Å². The lowest BCUT2D eigenvalue weighted by Crippen LogP contribution is -1.97. The summed E-state index contributed by atoms with van der Waals surface area (Å²) in [5.41, 5.74) is 0.877. The van der Waals surface area contributed by atoms with Gasteiger partial charge in [0.2, 0.25) is 0 Å². The summed E-state index contributed by atoms with van der Waals surface area (Å²) in [6, 6.07) is 9.51. The third-order valence-electron chi connectivity index (χ3n) is 3.31. The van der Waals surface area contributed by atoms with Crippen molar-refractivity contribution in [2.75, 3.05) is 6.26 Å². The molecule has 1 heterocycles. The van der Waals surface area contributed by atoms with Gasteiger partial charge < -0.3 is 4.74 Å². The quantitative estimate of drug-likeness (QED) is 0.707. The van der Waals surface area contributed by atoms with Crippen molar-refractivity contribution in [3.63, 3.8) is 0 Å². The summed E-state index contributed by atoms with van der Waals surface area (Å²) in [6.45, 7) is 0. The molecule has 0 saturated carbocycles. The minimum absolute atomic E-state index is 0.113. The van der Waals surface area contributed by atoms with Crippen molar-refractivity contribution in [3.05, 3.63) is 57.8 Å². The van der Waals surface area contributed by atoms with E-state index >= 15 is 0 Å². The molecule has 10 heteroatoms. The van der Waals surface area contributed by atoms with Gasteiger partial charge >= 0.3 is 0 Å². The van der Waals surface area contributed by atoms with Crippen molar-refractivity contribution >= 4 is 33.0 Å². The first-order chi connectivity index (χ1) is 11.8. The van der Waals surface area contributed by atoms with E-state index in [2.05, 4.69) is 20.6 Å². The van der Waals surface area contributed by atoms with Crippen molar-refractivity contribution in [2.24, 2.45) is 0 Å². The molecule has 1 N–H and O–H groups in total. The first-order valence-corrected chi connectivity index (χ1v) is 9.66. The summed E-state index contributed by atoms with van der Waals surface area (Å²) in [7, 11) is -3.35. The summed E-state index contributed by atoms with van der Waals surface area (Å²) in [5.74, 6) is 1.29. The number of hydrogen-bond donors (Lipinski definition) is 1. The molecule has 0 saturated heterocycles. The maximum absolute atomic E-state index is 11.6. The highest BCUT2D eigenvalue weighted by Crippen LogP contribution is 2.35. The largest absolute Gasteiger partial charge is 0.454 e. The Bertz CT molecular complexity index is 1010. The molecular formula is C15H12Cl2N4O3S. The van der Waals surface area contributed by atoms with Gasteiger partial charge in [-0.2, -0.15) is 0 Å². The molecule has 7 nitrogen and oxygen atoms in total. The molecule has 0 spiro atoms.